The molecule has 1 aromatic heterocycles. The van der Waals surface area contributed by atoms with E-state index in [1.54, 1.807) is 24.5 Å². The molecular formula is C18H21N3O. The number of pyridine rings is 1. The van der Waals surface area contributed by atoms with Crippen molar-refractivity contribution in [2.24, 2.45) is 0 Å². The molecule has 0 bridgehead atoms. The predicted octanol–water partition coefficient (Wildman–Crippen LogP) is 2.65. The highest BCUT2D eigenvalue weighted by Crippen LogP contribution is 2.24. The number of carbonyl (C=O) groups excluding carboxylic acids is 1. The first-order valence-corrected chi connectivity index (χ1v) is 7.74. The number of amides is 1. The first-order valence-electron chi connectivity index (χ1n) is 7.74. The third kappa shape index (κ3) is 3.34. The molecule has 3 rings (SSSR count). The van der Waals surface area contributed by atoms with Gasteiger partial charge in [0.05, 0.1) is 5.56 Å². The van der Waals surface area contributed by atoms with Gasteiger partial charge in [0.2, 0.25) is 0 Å². The van der Waals surface area contributed by atoms with Crippen molar-refractivity contribution in [2.45, 2.75) is 25.4 Å². The standard InChI is InChI=1S/C18H21N3O/c1-14(15-6-3-2-4-7-15)21-11-9-17(13-21)20-18(22)16-8-5-10-19-12-16/h2-8,10,12,14,17H,9,11,13H2,1H3,(H,20,22)/t14-,17+/m0/s1. The maximum Gasteiger partial charge on any atom is 0.253 e. The van der Waals surface area contributed by atoms with Crippen molar-refractivity contribution in [3.8, 4) is 0 Å². The van der Waals surface area contributed by atoms with Crippen LogP contribution in [0.25, 0.3) is 0 Å². The van der Waals surface area contributed by atoms with E-state index in [9.17, 15) is 4.79 Å². The number of aromatic nitrogens is 1. The maximum absolute atomic E-state index is 12.2. The third-order valence-corrected chi connectivity index (χ3v) is 4.31. The first-order chi connectivity index (χ1) is 10.7. The monoisotopic (exact) mass is 295 g/mol. The van der Waals surface area contributed by atoms with Crippen molar-refractivity contribution in [2.75, 3.05) is 13.1 Å². The molecule has 2 atom stereocenters. The van der Waals surface area contributed by atoms with Crippen LogP contribution < -0.4 is 5.32 Å². The molecule has 4 heteroatoms. The van der Waals surface area contributed by atoms with Gasteiger partial charge in [0.15, 0.2) is 0 Å². The summed E-state index contributed by atoms with van der Waals surface area (Å²) in [5.74, 6) is -0.0349. The van der Waals surface area contributed by atoms with Gasteiger partial charge in [-0.1, -0.05) is 30.3 Å². The van der Waals surface area contributed by atoms with Crippen LogP contribution in [0, 0.1) is 0 Å². The van der Waals surface area contributed by atoms with Crippen LogP contribution in [0.2, 0.25) is 0 Å². The Morgan fingerprint density at radius 1 is 1.27 bits per heavy atom. The van der Waals surface area contributed by atoms with E-state index in [1.165, 1.54) is 5.56 Å². The summed E-state index contributed by atoms with van der Waals surface area (Å²) in [4.78, 5) is 18.6. The average molecular weight is 295 g/mol. The van der Waals surface area contributed by atoms with E-state index in [1.807, 2.05) is 6.07 Å². The zero-order valence-corrected chi connectivity index (χ0v) is 12.8. The Hall–Kier alpha value is -2.20. The van der Waals surface area contributed by atoms with Crippen molar-refractivity contribution >= 4 is 5.91 Å². The summed E-state index contributed by atoms with van der Waals surface area (Å²) in [6.07, 6.45) is 4.27. The van der Waals surface area contributed by atoms with Crippen LogP contribution in [0.5, 0.6) is 0 Å². The molecule has 1 aliphatic rings. The number of hydrogen-bond donors (Lipinski definition) is 1. The highest BCUT2D eigenvalue weighted by Gasteiger charge is 2.27. The van der Waals surface area contributed by atoms with Crippen LogP contribution in [0.1, 0.15) is 35.3 Å². The molecule has 1 saturated heterocycles. The fourth-order valence-electron chi connectivity index (χ4n) is 2.97. The average Bonchev–Trinajstić information content (AvgIpc) is 3.04. The molecule has 1 aliphatic heterocycles. The van der Waals surface area contributed by atoms with Gasteiger partial charge in [-0.3, -0.25) is 14.7 Å². The van der Waals surface area contributed by atoms with Crippen molar-refractivity contribution < 1.29 is 4.79 Å². The molecule has 2 aromatic rings. The topological polar surface area (TPSA) is 45.2 Å². The molecule has 2 heterocycles. The number of hydrogen-bond acceptors (Lipinski definition) is 3. The highest BCUT2D eigenvalue weighted by atomic mass is 16.1. The Morgan fingerprint density at radius 3 is 2.82 bits per heavy atom. The van der Waals surface area contributed by atoms with Crippen molar-refractivity contribution in [3.63, 3.8) is 0 Å². The second-order valence-corrected chi connectivity index (χ2v) is 5.78. The molecule has 0 spiro atoms. The normalized spacial score (nSPS) is 19.8. The summed E-state index contributed by atoms with van der Waals surface area (Å²) in [5.41, 5.74) is 1.94. The largest absolute Gasteiger partial charge is 0.348 e. The molecule has 1 amide bonds. The van der Waals surface area contributed by atoms with Gasteiger partial charge >= 0.3 is 0 Å². The molecule has 0 aliphatic carbocycles. The summed E-state index contributed by atoms with van der Waals surface area (Å²) < 4.78 is 0. The van der Waals surface area contributed by atoms with Gasteiger partial charge in [0.25, 0.3) is 5.91 Å². The Morgan fingerprint density at radius 2 is 2.09 bits per heavy atom. The van der Waals surface area contributed by atoms with E-state index in [0.717, 1.165) is 19.5 Å². The molecule has 4 nitrogen and oxygen atoms in total. The van der Waals surface area contributed by atoms with Gasteiger partial charge in [-0.05, 0) is 31.0 Å². The molecule has 1 fully saturated rings. The second-order valence-electron chi connectivity index (χ2n) is 5.78. The Bertz CT molecular complexity index is 615. The van der Waals surface area contributed by atoms with Crippen LogP contribution in [0.15, 0.2) is 54.9 Å². The summed E-state index contributed by atoms with van der Waals surface area (Å²) in [6.45, 7) is 4.12. The lowest BCUT2D eigenvalue weighted by Gasteiger charge is -2.24. The van der Waals surface area contributed by atoms with Crippen molar-refractivity contribution in [3.05, 3.63) is 66.0 Å². The summed E-state index contributed by atoms with van der Waals surface area (Å²) in [5, 5.41) is 3.11. The van der Waals surface area contributed by atoms with Crippen molar-refractivity contribution in [1.29, 1.82) is 0 Å². The Kier molecular flexibility index (Phi) is 4.49. The minimum atomic E-state index is -0.0349. The molecule has 114 valence electrons. The lowest BCUT2D eigenvalue weighted by atomic mass is 10.1. The predicted molar refractivity (Wildman–Crippen MR) is 86.5 cm³/mol. The van der Waals surface area contributed by atoms with E-state index in [4.69, 9.17) is 0 Å². The Labute approximate surface area is 131 Å². The zero-order chi connectivity index (χ0) is 15.4. The van der Waals surface area contributed by atoms with E-state index < -0.39 is 0 Å². The number of benzene rings is 1. The van der Waals surface area contributed by atoms with Gasteiger partial charge < -0.3 is 5.32 Å². The Balaban J connectivity index is 1.57. The number of nitrogens with one attached hydrogen (secondary N) is 1. The number of rotatable bonds is 4. The fourth-order valence-corrected chi connectivity index (χ4v) is 2.97. The fraction of sp³-hybridized carbons (Fsp3) is 0.333. The number of nitrogens with zero attached hydrogens (tertiary/aromatic N) is 2. The zero-order valence-electron chi connectivity index (χ0n) is 12.8. The van der Waals surface area contributed by atoms with E-state index in [-0.39, 0.29) is 11.9 Å². The second kappa shape index (κ2) is 6.71. The van der Waals surface area contributed by atoms with Crippen molar-refractivity contribution in [1.82, 2.24) is 15.2 Å². The molecular weight excluding hydrogens is 274 g/mol. The van der Waals surface area contributed by atoms with Crippen LogP contribution in [-0.4, -0.2) is 34.9 Å². The van der Waals surface area contributed by atoms with Crippen LogP contribution in [-0.2, 0) is 0 Å². The smallest absolute Gasteiger partial charge is 0.253 e. The van der Waals surface area contributed by atoms with E-state index in [0.29, 0.717) is 11.6 Å². The van der Waals surface area contributed by atoms with Gasteiger partial charge in [-0.15, -0.1) is 0 Å². The minimum absolute atomic E-state index is 0.0349. The molecule has 0 unspecified atom stereocenters. The SMILES string of the molecule is C[C@@H](c1ccccc1)N1CC[C@@H](NC(=O)c2cccnc2)C1. The quantitative estimate of drug-likeness (QED) is 0.943. The van der Waals surface area contributed by atoms with Crippen LogP contribution in [0.4, 0.5) is 0 Å². The number of carbonyl (C=O) groups is 1. The molecule has 22 heavy (non-hydrogen) atoms. The highest BCUT2D eigenvalue weighted by molar-refractivity contribution is 5.94. The summed E-state index contributed by atoms with van der Waals surface area (Å²) in [6, 6.07) is 14.7. The molecule has 0 saturated carbocycles. The maximum atomic E-state index is 12.2. The molecule has 1 N–H and O–H groups in total. The van der Waals surface area contributed by atoms with Gasteiger partial charge in [0, 0.05) is 37.6 Å². The van der Waals surface area contributed by atoms with Gasteiger partial charge in [-0.2, -0.15) is 0 Å². The third-order valence-electron chi connectivity index (χ3n) is 4.31. The van der Waals surface area contributed by atoms with Gasteiger partial charge in [0.1, 0.15) is 0 Å². The van der Waals surface area contributed by atoms with Crippen LogP contribution >= 0.6 is 0 Å². The van der Waals surface area contributed by atoms with E-state index in [2.05, 4.69) is 46.4 Å². The lowest BCUT2D eigenvalue weighted by molar-refractivity contribution is 0.0936. The van der Waals surface area contributed by atoms with E-state index >= 15 is 0 Å². The number of likely N-dealkylation sites (tertiary alicyclic amines) is 1. The van der Waals surface area contributed by atoms with Crippen LogP contribution in [0.3, 0.4) is 0 Å². The molecule has 0 radical (unpaired) electrons. The minimum Gasteiger partial charge on any atom is -0.348 e. The van der Waals surface area contributed by atoms with Gasteiger partial charge in [-0.25, -0.2) is 0 Å². The lowest BCUT2D eigenvalue weighted by Crippen LogP contribution is -2.37. The summed E-state index contributed by atoms with van der Waals surface area (Å²) in [7, 11) is 0. The molecule has 1 aromatic carbocycles. The summed E-state index contributed by atoms with van der Waals surface area (Å²) >= 11 is 0. The first kappa shape index (κ1) is 14.7.